The number of halogens is 3. The van der Waals surface area contributed by atoms with Crippen LogP contribution in [0.3, 0.4) is 0 Å². The molecule has 3 rings (SSSR count). The number of hydrogen-bond donors (Lipinski definition) is 2. The Hall–Kier alpha value is -2.91. The van der Waals surface area contributed by atoms with Crippen molar-refractivity contribution in [3.63, 3.8) is 0 Å². The number of aryl methyl sites for hydroxylation is 1. The molecular weight excluding hydrogens is 397 g/mol. The van der Waals surface area contributed by atoms with E-state index < -0.39 is 11.7 Å². The van der Waals surface area contributed by atoms with Gasteiger partial charge in [0.15, 0.2) is 0 Å². The van der Waals surface area contributed by atoms with Gasteiger partial charge in [-0.15, -0.1) is 0 Å². The molecule has 2 aromatic rings. The van der Waals surface area contributed by atoms with Crippen molar-refractivity contribution >= 4 is 17.8 Å². The second-order valence-electron chi connectivity index (χ2n) is 7.11. The maximum Gasteiger partial charge on any atom is 0.416 e. The Bertz CT molecular complexity index is 859. The van der Waals surface area contributed by atoms with Crippen LogP contribution in [0.1, 0.15) is 36.7 Å². The minimum Gasteiger partial charge on any atom is -0.357 e. The summed E-state index contributed by atoms with van der Waals surface area (Å²) in [6.45, 7) is 3.00. The second kappa shape index (κ2) is 9.27. The molecule has 162 valence electrons. The van der Waals surface area contributed by atoms with Gasteiger partial charge in [-0.2, -0.15) is 28.1 Å². The van der Waals surface area contributed by atoms with Crippen molar-refractivity contribution < 1.29 is 18.0 Å². The topological polar surface area (TPSA) is 83.0 Å². The average Bonchev–Trinajstić information content (AvgIpc) is 2.76. The summed E-state index contributed by atoms with van der Waals surface area (Å²) in [7, 11) is 1.74. The van der Waals surface area contributed by atoms with E-state index in [1.54, 1.807) is 7.05 Å². The van der Waals surface area contributed by atoms with Crippen molar-refractivity contribution in [2.24, 2.45) is 5.92 Å². The maximum absolute atomic E-state index is 13.1. The predicted octanol–water partition coefficient (Wildman–Crippen LogP) is 3.03. The minimum atomic E-state index is -4.44. The number of alkyl halides is 3. The highest BCUT2D eigenvalue weighted by Gasteiger charge is 2.33. The molecule has 0 atom stereocenters. The third kappa shape index (κ3) is 5.17. The zero-order valence-corrected chi connectivity index (χ0v) is 17.0. The maximum atomic E-state index is 13.1. The van der Waals surface area contributed by atoms with E-state index in [2.05, 4.69) is 25.6 Å². The lowest BCUT2D eigenvalue weighted by Crippen LogP contribution is -2.41. The highest BCUT2D eigenvalue weighted by atomic mass is 19.4. The lowest BCUT2D eigenvalue weighted by Gasteiger charge is -2.31. The summed E-state index contributed by atoms with van der Waals surface area (Å²) in [4.78, 5) is 27.6. The SMILES string of the molecule is CCc1nc(NC)nc(N2CCC(C(=O)NCc3ccccc3C(F)(F)F)CC2)n1. The fraction of sp³-hybridized carbons (Fsp3) is 0.500. The summed E-state index contributed by atoms with van der Waals surface area (Å²) in [6, 6.07) is 5.29. The van der Waals surface area contributed by atoms with Crippen LogP contribution in [0.4, 0.5) is 25.1 Å². The Morgan fingerprint density at radius 3 is 2.50 bits per heavy atom. The van der Waals surface area contributed by atoms with Crippen molar-refractivity contribution in [1.82, 2.24) is 20.3 Å². The Kier molecular flexibility index (Phi) is 6.73. The van der Waals surface area contributed by atoms with E-state index in [9.17, 15) is 18.0 Å². The first kappa shape index (κ1) is 21.8. The number of benzene rings is 1. The molecule has 0 unspecified atom stereocenters. The lowest BCUT2D eigenvalue weighted by atomic mass is 9.96. The first-order valence-electron chi connectivity index (χ1n) is 9.92. The molecule has 1 aliphatic heterocycles. The van der Waals surface area contributed by atoms with Gasteiger partial charge in [0.25, 0.3) is 0 Å². The number of anilines is 2. The molecule has 1 amide bonds. The van der Waals surface area contributed by atoms with Crippen LogP contribution in [0.25, 0.3) is 0 Å². The molecule has 0 bridgehead atoms. The van der Waals surface area contributed by atoms with Crippen molar-refractivity contribution in [2.75, 3.05) is 30.4 Å². The third-order valence-electron chi connectivity index (χ3n) is 5.13. The van der Waals surface area contributed by atoms with Crippen LogP contribution in [0.2, 0.25) is 0 Å². The van der Waals surface area contributed by atoms with Crippen LogP contribution >= 0.6 is 0 Å². The van der Waals surface area contributed by atoms with E-state index in [-0.39, 0.29) is 23.9 Å². The zero-order chi connectivity index (χ0) is 21.7. The predicted molar refractivity (Wildman–Crippen MR) is 107 cm³/mol. The van der Waals surface area contributed by atoms with Crippen molar-refractivity contribution in [3.05, 3.63) is 41.2 Å². The molecule has 1 aromatic carbocycles. The van der Waals surface area contributed by atoms with Crippen LogP contribution < -0.4 is 15.5 Å². The van der Waals surface area contributed by atoms with Gasteiger partial charge in [0.05, 0.1) is 5.56 Å². The number of carbonyl (C=O) groups excluding carboxylic acids is 1. The van der Waals surface area contributed by atoms with Gasteiger partial charge in [0.1, 0.15) is 5.82 Å². The van der Waals surface area contributed by atoms with Gasteiger partial charge in [0.2, 0.25) is 17.8 Å². The molecule has 10 heteroatoms. The van der Waals surface area contributed by atoms with Gasteiger partial charge in [0, 0.05) is 39.0 Å². The quantitative estimate of drug-likeness (QED) is 0.745. The van der Waals surface area contributed by atoms with Crippen molar-refractivity contribution in [2.45, 2.75) is 38.9 Å². The highest BCUT2D eigenvalue weighted by molar-refractivity contribution is 5.79. The summed E-state index contributed by atoms with van der Waals surface area (Å²) in [5, 5.41) is 5.59. The standard InChI is InChI=1S/C20H25F3N6O/c1-3-16-26-18(24-2)28-19(27-16)29-10-8-13(9-11-29)17(30)25-12-14-6-4-5-7-15(14)20(21,22)23/h4-7,13H,3,8-12H2,1-2H3,(H,25,30)(H,24,26,27,28). The molecule has 0 spiro atoms. The fourth-order valence-corrected chi connectivity index (χ4v) is 3.44. The molecular formula is C20H25F3N6O. The monoisotopic (exact) mass is 422 g/mol. The summed E-state index contributed by atoms with van der Waals surface area (Å²) >= 11 is 0. The number of nitrogens with zero attached hydrogens (tertiary/aromatic N) is 4. The van der Waals surface area contributed by atoms with E-state index in [4.69, 9.17) is 0 Å². The summed E-state index contributed by atoms with van der Waals surface area (Å²) in [5.74, 6) is 1.28. The molecule has 0 aliphatic carbocycles. The molecule has 0 radical (unpaired) electrons. The number of rotatable bonds is 6. The molecule has 1 saturated heterocycles. The Balaban J connectivity index is 1.58. The van der Waals surface area contributed by atoms with Crippen LogP contribution in [0, 0.1) is 5.92 Å². The molecule has 1 aliphatic rings. The first-order chi connectivity index (χ1) is 14.3. The molecule has 0 saturated carbocycles. The fourth-order valence-electron chi connectivity index (χ4n) is 3.44. The molecule has 1 aromatic heterocycles. The van der Waals surface area contributed by atoms with Crippen LogP contribution in [0.15, 0.2) is 24.3 Å². The Morgan fingerprint density at radius 1 is 1.17 bits per heavy atom. The zero-order valence-electron chi connectivity index (χ0n) is 17.0. The van der Waals surface area contributed by atoms with Gasteiger partial charge < -0.3 is 15.5 Å². The Morgan fingerprint density at radius 2 is 1.87 bits per heavy atom. The molecule has 2 N–H and O–H groups in total. The number of carbonyl (C=O) groups is 1. The lowest BCUT2D eigenvalue weighted by molar-refractivity contribution is -0.138. The van der Waals surface area contributed by atoms with Gasteiger partial charge in [-0.25, -0.2) is 0 Å². The number of piperidine rings is 1. The number of amides is 1. The van der Waals surface area contributed by atoms with Gasteiger partial charge >= 0.3 is 6.18 Å². The average molecular weight is 422 g/mol. The van der Waals surface area contributed by atoms with E-state index in [0.29, 0.717) is 50.1 Å². The number of hydrogen-bond acceptors (Lipinski definition) is 6. The normalized spacial score (nSPS) is 15.2. The molecule has 30 heavy (non-hydrogen) atoms. The van der Waals surface area contributed by atoms with Crippen molar-refractivity contribution in [3.8, 4) is 0 Å². The Labute approximate surface area is 173 Å². The van der Waals surface area contributed by atoms with Crippen LogP contribution in [-0.2, 0) is 23.9 Å². The second-order valence-corrected chi connectivity index (χ2v) is 7.11. The van der Waals surface area contributed by atoms with E-state index in [0.717, 1.165) is 6.07 Å². The number of aromatic nitrogens is 3. The van der Waals surface area contributed by atoms with Crippen LogP contribution in [-0.4, -0.2) is 41.0 Å². The van der Waals surface area contributed by atoms with E-state index in [1.807, 2.05) is 11.8 Å². The van der Waals surface area contributed by atoms with Gasteiger partial charge in [-0.05, 0) is 24.5 Å². The largest absolute Gasteiger partial charge is 0.416 e. The number of nitrogens with one attached hydrogen (secondary N) is 2. The molecule has 2 heterocycles. The molecule has 1 fully saturated rings. The summed E-state index contributed by atoms with van der Waals surface area (Å²) < 4.78 is 39.3. The van der Waals surface area contributed by atoms with Gasteiger partial charge in [-0.3, -0.25) is 4.79 Å². The smallest absolute Gasteiger partial charge is 0.357 e. The minimum absolute atomic E-state index is 0.0626. The van der Waals surface area contributed by atoms with Crippen molar-refractivity contribution in [1.29, 1.82) is 0 Å². The molecule has 7 nitrogen and oxygen atoms in total. The van der Waals surface area contributed by atoms with E-state index >= 15 is 0 Å². The van der Waals surface area contributed by atoms with E-state index in [1.165, 1.54) is 18.2 Å². The van der Waals surface area contributed by atoms with Gasteiger partial charge in [-0.1, -0.05) is 25.1 Å². The summed E-state index contributed by atoms with van der Waals surface area (Å²) in [6.07, 6.45) is -2.60. The summed E-state index contributed by atoms with van der Waals surface area (Å²) in [5.41, 5.74) is -0.658. The van der Waals surface area contributed by atoms with Crippen LogP contribution in [0.5, 0.6) is 0 Å². The highest BCUT2D eigenvalue weighted by Crippen LogP contribution is 2.32. The third-order valence-corrected chi connectivity index (χ3v) is 5.13. The first-order valence-corrected chi connectivity index (χ1v) is 9.92.